The van der Waals surface area contributed by atoms with Gasteiger partial charge >= 0.3 is 0 Å². The van der Waals surface area contributed by atoms with Gasteiger partial charge in [0.25, 0.3) is 0 Å². The first kappa shape index (κ1) is 18.9. The molecule has 0 aliphatic rings. The minimum absolute atomic E-state index is 1.10. The first-order chi connectivity index (χ1) is 14.1. The summed E-state index contributed by atoms with van der Waals surface area (Å²) in [6.07, 6.45) is 0. The Morgan fingerprint density at radius 3 is 1.41 bits per heavy atom. The monoisotopic (exact) mass is 519 g/mol. The molecule has 1 nitrogen and oxygen atoms in total. The summed E-state index contributed by atoms with van der Waals surface area (Å²) in [7, 11) is -2.33. The third-order valence-electron chi connectivity index (χ3n) is 5.81. The molecule has 5 rings (SSSR count). The van der Waals surface area contributed by atoms with Crippen molar-refractivity contribution in [1.82, 2.24) is 4.23 Å². The van der Waals surface area contributed by atoms with Crippen LogP contribution >= 0.6 is 31.9 Å². The van der Waals surface area contributed by atoms with Gasteiger partial charge in [-0.3, -0.25) is 0 Å². The van der Waals surface area contributed by atoms with E-state index in [1.807, 2.05) is 0 Å². The standard InChI is InChI=1S/C25H19Br2NSi/c1-29(20-8-4-2-5-9-20,21-10-6-3-7-11-21)28-24-16-18(26)12-14-22(24)23-15-13-19(27)17-25(23)28/h2-17H,1H3. The Labute approximate surface area is 188 Å². The third kappa shape index (κ3) is 3.02. The van der Waals surface area contributed by atoms with Gasteiger partial charge in [-0.1, -0.05) is 105 Å². The lowest BCUT2D eigenvalue weighted by Crippen LogP contribution is -2.61. The van der Waals surface area contributed by atoms with E-state index in [0.29, 0.717) is 0 Å². The van der Waals surface area contributed by atoms with Crippen molar-refractivity contribution in [3.63, 3.8) is 0 Å². The van der Waals surface area contributed by atoms with E-state index in [4.69, 9.17) is 0 Å². The Morgan fingerprint density at radius 2 is 1.00 bits per heavy atom. The Kier molecular flexibility index (Phi) is 4.73. The fourth-order valence-corrected chi connectivity index (χ4v) is 8.96. The normalized spacial score (nSPS) is 12.0. The first-order valence-electron chi connectivity index (χ1n) is 9.60. The molecule has 142 valence electrons. The summed E-state index contributed by atoms with van der Waals surface area (Å²) in [6, 6.07) is 35.2. The van der Waals surface area contributed by atoms with Crippen molar-refractivity contribution in [2.45, 2.75) is 6.55 Å². The molecule has 0 N–H and O–H groups in total. The van der Waals surface area contributed by atoms with Crippen LogP contribution in [0, 0.1) is 0 Å². The number of halogens is 2. The van der Waals surface area contributed by atoms with Crippen LogP contribution in [-0.2, 0) is 0 Å². The maximum Gasteiger partial charge on any atom is 0.222 e. The van der Waals surface area contributed by atoms with Gasteiger partial charge in [0, 0.05) is 30.8 Å². The predicted molar refractivity (Wildman–Crippen MR) is 134 cm³/mol. The maximum atomic E-state index is 3.71. The highest BCUT2D eigenvalue weighted by Gasteiger charge is 2.37. The molecule has 0 spiro atoms. The number of hydrogen-bond acceptors (Lipinski definition) is 0. The van der Waals surface area contributed by atoms with Crippen molar-refractivity contribution in [3.05, 3.63) is 106 Å². The Hall–Kier alpha value is -2.14. The summed E-state index contributed by atoms with van der Waals surface area (Å²) in [4.78, 5) is 0. The van der Waals surface area contributed by atoms with Gasteiger partial charge in [0.15, 0.2) is 0 Å². The topological polar surface area (TPSA) is 4.93 Å². The first-order valence-corrected chi connectivity index (χ1v) is 13.6. The SMILES string of the molecule is C[Si](c1ccccc1)(c1ccccc1)n1c2cc(Br)ccc2c2ccc(Br)cc21. The van der Waals surface area contributed by atoms with Gasteiger partial charge in [-0.15, -0.1) is 0 Å². The van der Waals surface area contributed by atoms with Gasteiger partial charge in [-0.25, -0.2) is 0 Å². The van der Waals surface area contributed by atoms with Crippen molar-refractivity contribution in [3.8, 4) is 0 Å². The third-order valence-corrected chi connectivity index (χ3v) is 11.1. The van der Waals surface area contributed by atoms with Crippen molar-refractivity contribution in [2.24, 2.45) is 0 Å². The van der Waals surface area contributed by atoms with Crippen molar-refractivity contribution < 1.29 is 0 Å². The summed E-state index contributed by atoms with van der Waals surface area (Å²) >= 11 is 7.42. The summed E-state index contributed by atoms with van der Waals surface area (Å²) in [5.41, 5.74) is 2.55. The molecule has 0 aliphatic heterocycles. The molecular formula is C25H19Br2NSi. The van der Waals surface area contributed by atoms with Gasteiger partial charge in [0.2, 0.25) is 8.24 Å². The van der Waals surface area contributed by atoms with Gasteiger partial charge in [0.05, 0.1) is 0 Å². The minimum Gasteiger partial charge on any atom is -0.359 e. The van der Waals surface area contributed by atoms with Gasteiger partial charge < -0.3 is 4.23 Å². The molecule has 0 radical (unpaired) electrons. The second kappa shape index (κ2) is 7.28. The summed E-state index contributed by atoms with van der Waals surface area (Å²) in [5, 5.41) is 5.37. The highest BCUT2D eigenvalue weighted by atomic mass is 79.9. The zero-order valence-electron chi connectivity index (χ0n) is 15.9. The summed E-state index contributed by atoms with van der Waals surface area (Å²) < 4.78 is 4.83. The lowest BCUT2D eigenvalue weighted by atomic mass is 10.2. The van der Waals surface area contributed by atoms with E-state index >= 15 is 0 Å². The molecule has 0 aliphatic carbocycles. The highest BCUT2D eigenvalue weighted by Crippen LogP contribution is 2.35. The quantitative estimate of drug-likeness (QED) is 0.237. The number of fused-ring (bicyclic) bond motifs is 3. The van der Waals surface area contributed by atoms with E-state index in [-0.39, 0.29) is 0 Å². The van der Waals surface area contributed by atoms with Crippen molar-refractivity contribution in [2.75, 3.05) is 0 Å². The smallest absolute Gasteiger partial charge is 0.222 e. The largest absolute Gasteiger partial charge is 0.359 e. The number of hydrogen-bond donors (Lipinski definition) is 0. The van der Waals surface area contributed by atoms with E-state index in [0.717, 1.165) is 8.95 Å². The van der Waals surface area contributed by atoms with Crippen molar-refractivity contribution in [1.29, 1.82) is 0 Å². The van der Waals surface area contributed by atoms with Crippen LogP contribution in [0.3, 0.4) is 0 Å². The number of aromatic nitrogens is 1. The average molecular weight is 521 g/mol. The molecular weight excluding hydrogens is 502 g/mol. The molecule has 1 heterocycles. The second-order valence-electron chi connectivity index (χ2n) is 7.46. The van der Waals surface area contributed by atoms with Gasteiger partial charge in [0.1, 0.15) is 0 Å². The summed E-state index contributed by atoms with van der Waals surface area (Å²) in [6.45, 7) is 2.46. The van der Waals surface area contributed by atoms with E-state index in [2.05, 4.69) is 140 Å². The van der Waals surface area contributed by atoms with Crippen LogP contribution in [0.25, 0.3) is 21.8 Å². The predicted octanol–water partition coefficient (Wildman–Crippen LogP) is 6.56. The van der Waals surface area contributed by atoms with Crippen molar-refractivity contribution >= 4 is 72.3 Å². The summed E-state index contributed by atoms with van der Waals surface area (Å²) in [5.74, 6) is 0. The Balaban J connectivity index is 1.99. The van der Waals surface area contributed by atoms with Crippen LogP contribution in [0.1, 0.15) is 0 Å². The molecule has 0 amide bonds. The molecule has 4 aromatic carbocycles. The fraction of sp³-hybridized carbons (Fsp3) is 0.0400. The van der Waals surface area contributed by atoms with Crippen LogP contribution < -0.4 is 10.4 Å². The van der Waals surface area contributed by atoms with Gasteiger partial charge in [-0.2, -0.15) is 0 Å². The lowest BCUT2D eigenvalue weighted by molar-refractivity contribution is 1.29. The Bertz CT molecular complexity index is 1230. The molecule has 4 heteroatoms. The maximum absolute atomic E-state index is 3.71. The zero-order valence-corrected chi connectivity index (χ0v) is 20.1. The van der Waals surface area contributed by atoms with Crippen LogP contribution in [0.2, 0.25) is 6.55 Å². The van der Waals surface area contributed by atoms with Gasteiger partial charge in [-0.05, 0) is 41.2 Å². The number of rotatable bonds is 3. The second-order valence-corrected chi connectivity index (χ2v) is 13.0. The highest BCUT2D eigenvalue weighted by molar-refractivity contribution is 9.10. The number of nitrogens with zero attached hydrogens (tertiary/aromatic N) is 1. The molecule has 0 saturated heterocycles. The zero-order chi connectivity index (χ0) is 20.0. The van der Waals surface area contributed by atoms with E-state index in [1.165, 1.54) is 32.2 Å². The van der Waals surface area contributed by atoms with Crippen LogP contribution in [0.5, 0.6) is 0 Å². The number of benzene rings is 4. The molecule has 5 aromatic rings. The molecule has 0 bridgehead atoms. The van der Waals surface area contributed by atoms with Crippen LogP contribution in [-0.4, -0.2) is 12.5 Å². The lowest BCUT2D eigenvalue weighted by Gasteiger charge is -2.32. The molecule has 0 unspecified atom stereocenters. The average Bonchev–Trinajstić information content (AvgIpc) is 3.07. The Morgan fingerprint density at radius 1 is 0.586 bits per heavy atom. The fourth-order valence-electron chi connectivity index (χ4n) is 4.40. The molecule has 1 aromatic heterocycles. The minimum atomic E-state index is -2.33. The molecule has 0 fully saturated rings. The molecule has 29 heavy (non-hydrogen) atoms. The molecule has 0 saturated carbocycles. The molecule has 0 atom stereocenters. The van der Waals surface area contributed by atoms with Crippen LogP contribution in [0.4, 0.5) is 0 Å². The van der Waals surface area contributed by atoms with E-state index in [1.54, 1.807) is 0 Å². The van der Waals surface area contributed by atoms with E-state index in [9.17, 15) is 0 Å². The van der Waals surface area contributed by atoms with Crippen LogP contribution in [0.15, 0.2) is 106 Å². The van der Waals surface area contributed by atoms with E-state index < -0.39 is 8.24 Å².